The number of hydrogen-bond acceptors (Lipinski definition) is 3. The molecule has 3 N–H and O–H groups in total. The maximum atomic E-state index is 12.1. The van der Waals surface area contributed by atoms with Gasteiger partial charge in [0, 0.05) is 17.8 Å². The molecule has 1 aliphatic carbocycles. The normalized spacial score (nSPS) is 13.7. The van der Waals surface area contributed by atoms with Gasteiger partial charge in [-0.05, 0) is 63.3 Å². The molecule has 1 aromatic rings. The molecule has 27 heavy (non-hydrogen) atoms. The van der Waals surface area contributed by atoms with Crippen molar-refractivity contribution in [3.8, 4) is 0 Å². The Labute approximate surface area is 163 Å². The lowest BCUT2D eigenvalue weighted by atomic mass is 9.97. The molecule has 1 aliphatic rings. The van der Waals surface area contributed by atoms with Gasteiger partial charge in [0.15, 0.2) is 0 Å². The Kier molecular flexibility index (Phi) is 9.63. The lowest BCUT2D eigenvalue weighted by Crippen LogP contribution is -2.29. The van der Waals surface area contributed by atoms with E-state index < -0.39 is 0 Å². The Hall–Kier alpha value is -2.14. The van der Waals surface area contributed by atoms with Gasteiger partial charge in [-0.3, -0.25) is 9.59 Å². The molecule has 0 saturated carbocycles. The van der Waals surface area contributed by atoms with Gasteiger partial charge in [0.1, 0.15) is 0 Å². The SMILES string of the molecule is CCCCCC(=O)Nc1cccc(NC(=O)CNCCC2=CCCCC2)c1. The summed E-state index contributed by atoms with van der Waals surface area (Å²) in [6.07, 6.45) is 11.9. The molecule has 0 unspecified atom stereocenters. The number of nitrogens with one attached hydrogen (secondary N) is 3. The molecule has 0 spiro atoms. The van der Waals surface area contributed by atoms with Crippen LogP contribution in [0.15, 0.2) is 35.9 Å². The third-order valence-electron chi connectivity index (χ3n) is 4.73. The summed E-state index contributed by atoms with van der Waals surface area (Å²) in [5, 5.41) is 8.98. The van der Waals surface area contributed by atoms with E-state index in [1.165, 1.54) is 31.3 Å². The fourth-order valence-corrected chi connectivity index (χ4v) is 3.22. The number of unbranched alkanes of at least 4 members (excludes halogenated alkanes) is 2. The van der Waals surface area contributed by atoms with Crippen molar-refractivity contribution in [2.75, 3.05) is 23.7 Å². The minimum Gasteiger partial charge on any atom is -0.326 e. The van der Waals surface area contributed by atoms with Crippen LogP contribution in [0, 0.1) is 0 Å². The summed E-state index contributed by atoms with van der Waals surface area (Å²) in [4.78, 5) is 24.0. The third-order valence-corrected chi connectivity index (χ3v) is 4.73. The molecule has 0 aromatic heterocycles. The van der Waals surface area contributed by atoms with Crippen LogP contribution in [0.1, 0.15) is 64.7 Å². The molecular formula is C22H33N3O2. The van der Waals surface area contributed by atoms with Gasteiger partial charge < -0.3 is 16.0 Å². The average molecular weight is 372 g/mol. The molecule has 0 aliphatic heterocycles. The standard InChI is InChI=1S/C22H33N3O2/c1-2-3-5-13-21(26)24-19-11-8-12-20(16-19)25-22(27)17-23-15-14-18-9-6-4-7-10-18/h8-9,11-12,16,23H,2-7,10,13-15,17H2,1H3,(H,24,26)(H,25,27). The lowest BCUT2D eigenvalue weighted by molar-refractivity contribution is -0.116. The molecule has 0 heterocycles. The molecule has 148 valence electrons. The lowest BCUT2D eigenvalue weighted by Gasteiger charge is -2.13. The minimum absolute atomic E-state index is 0.0191. The maximum absolute atomic E-state index is 12.1. The Morgan fingerprint density at radius 1 is 1.04 bits per heavy atom. The highest BCUT2D eigenvalue weighted by Gasteiger charge is 2.06. The molecule has 0 radical (unpaired) electrons. The van der Waals surface area contributed by atoms with Crippen molar-refractivity contribution < 1.29 is 9.59 Å². The van der Waals surface area contributed by atoms with Gasteiger partial charge in [0.05, 0.1) is 6.54 Å². The van der Waals surface area contributed by atoms with Crippen molar-refractivity contribution >= 4 is 23.2 Å². The van der Waals surface area contributed by atoms with Crippen molar-refractivity contribution in [2.45, 2.75) is 64.7 Å². The summed E-state index contributed by atoms with van der Waals surface area (Å²) < 4.78 is 0. The van der Waals surface area contributed by atoms with E-state index in [2.05, 4.69) is 29.0 Å². The summed E-state index contributed by atoms with van der Waals surface area (Å²) in [7, 11) is 0. The second-order valence-electron chi connectivity index (χ2n) is 7.17. The largest absolute Gasteiger partial charge is 0.326 e. The average Bonchev–Trinajstić information content (AvgIpc) is 2.66. The highest BCUT2D eigenvalue weighted by molar-refractivity contribution is 5.94. The quantitative estimate of drug-likeness (QED) is 0.392. The van der Waals surface area contributed by atoms with Gasteiger partial charge in [-0.25, -0.2) is 0 Å². The van der Waals surface area contributed by atoms with Crippen molar-refractivity contribution in [1.82, 2.24) is 5.32 Å². The minimum atomic E-state index is -0.0703. The van der Waals surface area contributed by atoms with Crippen LogP contribution in [0.25, 0.3) is 0 Å². The van der Waals surface area contributed by atoms with Gasteiger partial charge >= 0.3 is 0 Å². The van der Waals surface area contributed by atoms with Crippen LogP contribution in [0.3, 0.4) is 0 Å². The van der Waals surface area contributed by atoms with Crippen LogP contribution in [0.5, 0.6) is 0 Å². The van der Waals surface area contributed by atoms with Crippen molar-refractivity contribution in [3.05, 3.63) is 35.9 Å². The number of allylic oxidation sites excluding steroid dienone is 1. The van der Waals surface area contributed by atoms with Crippen LogP contribution in [-0.4, -0.2) is 24.9 Å². The predicted octanol–water partition coefficient (Wildman–Crippen LogP) is 4.62. The fourth-order valence-electron chi connectivity index (χ4n) is 3.22. The molecule has 2 rings (SSSR count). The van der Waals surface area contributed by atoms with Gasteiger partial charge in [-0.15, -0.1) is 0 Å². The first-order valence-corrected chi connectivity index (χ1v) is 10.3. The Bertz CT molecular complexity index is 640. The van der Waals surface area contributed by atoms with Crippen LogP contribution >= 0.6 is 0 Å². The van der Waals surface area contributed by atoms with E-state index in [0.717, 1.165) is 32.2 Å². The Balaban J connectivity index is 1.68. The number of amides is 2. The Morgan fingerprint density at radius 2 is 1.81 bits per heavy atom. The first kappa shape index (κ1) is 21.2. The molecule has 2 amide bonds. The van der Waals surface area contributed by atoms with E-state index in [0.29, 0.717) is 24.3 Å². The van der Waals surface area contributed by atoms with Crippen molar-refractivity contribution in [2.24, 2.45) is 0 Å². The molecule has 1 aromatic carbocycles. The third kappa shape index (κ3) is 8.87. The molecule has 0 bridgehead atoms. The fraction of sp³-hybridized carbons (Fsp3) is 0.545. The van der Waals surface area contributed by atoms with Gasteiger partial charge in [-0.1, -0.05) is 37.5 Å². The topological polar surface area (TPSA) is 70.2 Å². The second-order valence-corrected chi connectivity index (χ2v) is 7.17. The first-order chi connectivity index (χ1) is 13.2. The molecule has 0 fully saturated rings. The zero-order valence-electron chi connectivity index (χ0n) is 16.5. The van der Waals surface area contributed by atoms with Crippen LogP contribution in [-0.2, 0) is 9.59 Å². The van der Waals surface area contributed by atoms with Crippen LogP contribution in [0.2, 0.25) is 0 Å². The summed E-state index contributed by atoms with van der Waals surface area (Å²) in [6, 6.07) is 7.30. The molecule has 0 saturated heterocycles. The highest BCUT2D eigenvalue weighted by atomic mass is 16.2. The predicted molar refractivity (Wildman–Crippen MR) is 112 cm³/mol. The van der Waals surface area contributed by atoms with Gasteiger partial charge in [-0.2, -0.15) is 0 Å². The van der Waals surface area contributed by atoms with E-state index in [4.69, 9.17) is 0 Å². The number of anilines is 2. The monoisotopic (exact) mass is 371 g/mol. The number of hydrogen-bond donors (Lipinski definition) is 3. The number of carbonyl (C=O) groups excluding carboxylic acids is 2. The van der Waals surface area contributed by atoms with Crippen molar-refractivity contribution in [3.63, 3.8) is 0 Å². The van der Waals surface area contributed by atoms with E-state index in [1.54, 1.807) is 6.07 Å². The van der Waals surface area contributed by atoms with Crippen LogP contribution in [0.4, 0.5) is 11.4 Å². The molecular weight excluding hydrogens is 338 g/mol. The second kappa shape index (κ2) is 12.3. The summed E-state index contributed by atoms with van der Waals surface area (Å²) in [5.74, 6) is -0.0512. The summed E-state index contributed by atoms with van der Waals surface area (Å²) in [6.45, 7) is 3.24. The van der Waals surface area contributed by atoms with E-state index in [1.807, 2.05) is 18.2 Å². The zero-order valence-corrected chi connectivity index (χ0v) is 16.5. The van der Waals surface area contributed by atoms with Crippen molar-refractivity contribution in [1.29, 1.82) is 0 Å². The Morgan fingerprint density at radius 3 is 2.52 bits per heavy atom. The first-order valence-electron chi connectivity index (χ1n) is 10.3. The number of carbonyl (C=O) groups is 2. The maximum Gasteiger partial charge on any atom is 0.238 e. The van der Waals surface area contributed by atoms with Gasteiger partial charge in [0.2, 0.25) is 11.8 Å². The van der Waals surface area contributed by atoms with E-state index in [-0.39, 0.29) is 11.8 Å². The summed E-state index contributed by atoms with van der Waals surface area (Å²) in [5.41, 5.74) is 2.92. The van der Waals surface area contributed by atoms with E-state index in [9.17, 15) is 9.59 Å². The van der Waals surface area contributed by atoms with Crippen LogP contribution < -0.4 is 16.0 Å². The number of benzene rings is 1. The molecule has 0 atom stereocenters. The van der Waals surface area contributed by atoms with Gasteiger partial charge in [0.25, 0.3) is 0 Å². The number of rotatable bonds is 11. The smallest absolute Gasteiger partial charge is 0.238 e. The molecule has 5 nitrogen and oxygen atoms in total. The van der Waals surface area contributed by atoms with E-state index >= 15 is 0 Å². The summed E-state index contributed by atoms with van der Waals surface area (Å²) >= 11 is 0. The highest BCUT2D eigenvalue weighted by Crippen LogP contribution is 2.19. The molecule has 5 heteroatoms. The zero-order chi connectivity index (χ0) is 19.3.